The van der Waals surface area contributed by atoms with Crippen LogP contribution in [0.2, 0.25) is 10.0 Å². The third-order valence-corrected chi connectivity index (χ3v) is 5.12. The first-order valence-electron chi connectivity index (χ1n) is 6.96. The van der Waals surface area contributed by atoms with E-state index < -0.39 is 17.5 Å². The van der Waals surface area contributed by atoms with Gasteiger partial charge in [-0.3, -0.25) is 9.78 Å². The van der Waals surface area contributed by atoms with Gasteiger partial charge in [0.15, 0.2) is 11.3 Å². The summed E-state index contributed by atoms with van der Waals surface area (Å²) >= 11 is 13.1. The molecule has 2 heterocycles. The van der Waals surface area contributed by atoms with Crippen molar-refractivity contribution in [3.8, 4) is 0 Å². The Hall–Kier alpha value is -1.28. The van der Waals surface area contributed by atoms with Gasteiger partial charge in [-0.1, -0.05) is 41.0 Å². The molecular formula is C14H13Cl2N3O3S. The van der Waals surface area contributed by atoms with Gasteiger partial charge in [0.2, 0.25) is 0 Å². The quantitative estimate of drug-likeness (QED) is 0.833. The number of nitrogens with one attached hydrogen (secondary N) is 1. The molecule has 0 radical (unpaired) electrons. The maximum atomic E-state index is 11.9. The third-order valence-electron chi connectivity index (χ3n) is 3.36. The van der Waals surface area contributed by atoms with Gasteiger partial charge >= 0.3 is 5.69 Å². The zero-order chi connectivity index (χ0) is 16.4. The van der Waals surface area contributed by atoms with Crippen LogP contribution < -0.4 is 11.2 Å². The summed E-state index contributed by atoms with van der Waals surface area (Å²) in [6.45, 7) is 0.587. The molecule has 0 spiro atoms. The fourth-order valence-electron chi connectivity index (χ4n) is 2.22. The van der Waals surface area contributed by atoms with E-state index in [0.717, 1.165) is 12.0 Å². The highest BCUT2D eigenvalue weighted by Crippen LogP contribution is 2.26. The first kappa shape index (κ1) is 16.6. The van der Waals surface area contributed by atoms with E-state index in [2.05, 4.69) is 10.1 Å². The highest BCUT2D eigenvalue weighted by Gasteiger charge is 2.21. The Morgan fingerprint density at radius 1 is 1.35 bits per heavy atom. The number of nitrogens with zero attached hydrogens (tertiary/aromatic N) is 2. The zero-order valence-corrected chi connectivity index (χ0v) is 14.2. The monoisotopic (exact) mass is 373 g/mol. The van der Waals surface area contributed by atoms with Crippen molar-refractivity contribution in [1.82, 2.24) is 14.8 Å². The summed E-state index contributed by atoms with van der Waals surface area (Å²) in [6, 6.07) is 5.26. The van der Waals surface area contributed by atoms with Gasteiger partial charge in [0.1, 0.15) is 0 Å². The first-order chi connectivity index (χ1) is 11.0. The van der Waals surface area contributed by atoms with Crippen molar-refractivity contribution < 1.29 is 4.74 Å². The molecule has 0 aliphatic carbocycles. The average Bonchev–Trinajstić information content (AvgIpc) is 3.04. The molecule has 0 bridgehead atoms. The lowest BCUT2D eigenvalue weighted by atomic mass is 10.2. The molecule has 122 valence electrons. The van der Waals surface area contributed by atoms with Crippen molar-refractivity contribution in [3.63, 3.8) is 0 Å². The standard InChI is InChI=1S/C14H13Cl2N3O3S/c15-9-4-3-8(6-10(9)16)7-23-13-12(20)17-14(21)19(18-13)11-2-1-5-22-11/h3-4,6,11H,1-2,5,7H2,(H,17,20,21)/t11-/m1/s1. The number of halogens is 2. The van der Waals surface area contributed by atoms with Crippen molar-refractivity contribution in [3.05, 3.63) is 54.6 Å². The van der Waals surface area contributed by atoms with Gasteiger partial charge in [-0.25, -0.2) is 4.79 Å². The van der Waals surface area contributed by atoms with Crippen molar-refractivity contribution in [1.29, 1.82) is 0 Å². The van der Waals surface area contributed by atoms with Crippen molar-refractivity contribution in [2.24, 2.45) is 0 Å². The summed E-state index contributed by atoms with van der Waals surface area (Å²) in [6.07, 6.45) is 1.16. The predicted octanol–water partition coefficient (Wildman–Crippen LogP) is 2.84. The van der Waals surface area contributed by atoms with Crippen LogP contribution in [0.15, 0.2) is 32.8 Å². The molecule has 0 unspecified atom stereocenters. The minimum atomic E-state index is -0.555. The summed E-state index contributed by atoms with van der Waals surface area (Å²) in [5.41, 5.74) is -0.157. The molecule has 1 aromatic carbocycles. The number of aromatic nitrogens is 3. The lowest BCUT2D eigenvalue weighted by Gasteiger charge is -2.12. The van der Waals surface area contributed by atoms with E-state index in [1.54, 1.807) is 12.1 Å². The molecule has 23 heavy (non-hydrogen) atoms. The number of thioether (sulfide) groups is 1. The average molecular weight is 374 g/mol. The maximum absolute atomic E-state index is 11.9. The molecule has 1 saturated heterocycles. The van der Waals surface area contributed by atoms with Gasteiger partial charge in [-0.2, -0.15) is 9.78 Å². The molecule has 0 saturated carbocycles. The van der Waals surface area contributed by atoms with Crippen molar-refractivity contribution in [2.75, 3.05) is 6.61 Å². The molecule has 1 fully saturated rings. The Balaban J connectivity index is 1.81. The Kier molecular flexibility index (Phi) is 5.11. The second-order valence-electron chi connectivity index (χ2n) is 5.01. The number of hydrogen-bond acceptors (Lipinski definition) is 5. The summed E-state index contributed by atoms with van der Waals surface area (Å²) < 4.78 is 6.64. The molecule has 1 aromatic heterocycles. The molecule has 0 amide bonds. The number of rotatable bonds is 4. The minimum absolute atomic E-state index is 0.214. The van der Waals surface area contributed by atoms with E-state index >= 15 is 0 Å². The third kappa shape index (κ3) is 3.80. The SMILES string of the molecule is O=c1[nH]c(=O)n([C@H]2CCCO2)nc1SCc1ccc(Cl)c(Cl)c1. The van der Waals surface area contributed by atoms with Crippen LogP contribution >= 0.6 is 35.0 Å². The van der Waals surface area contributed by atoms with Crippen LogP contribution in [0.1, 0.15) is 24.6 Å². The summed E-state index contributed by atoms with van der Waals surface area (Å²) in [4.78, 5) is 26.1. The Labute approximate surface area is 145 Å². The molecule has 1 atom stereocenters. The molecular weight excluding hydrogens is 361 g/mol. The van der Waals surface area contributed by atoms with Gasteiger partial charge in [-0.05, 0) is 30.5 Å². The van der Waals surface area contributed by atoms with Crippen molar-refractivity contribution >= 4 is 35.0 Å². The number of hydrogen-bond donors (Lipinski definition) is 1. The number of benzene rings is 1. The smallest absolute Gasteiger partial charge is 0.347 e. The van der Waals surface area contributed by atoms with Gasteiger partial charge < -0.3 is 4.74 Å². The number of aromatic amines is 1. The molecule has 6 nitrogen and oxygen atoms in total. The largest absolute Gasteiger partial charge is 0.356 e. The number of ether oxygens (including phenoxy) is 1. The van der Waals surface area contributed by atoms with Crippen LogP contribution in [-0.4, -0.2) is 21.4 Å². The molecule has 2 aromatic rings. The molecule has 1 aliphatic rings. The molecule has 1 N–H and O–H groups in total. The lowest BCUT2D eigenvalue weighted by Crippen LogP contribution is -2.35. The van der Waals surface area contributed by atoms with Gasteiger partial charge in [0, 0.05) is 12.4 Å². The van der Waals surface area contributed by atoms with Crippen LogP contribution in [0.3, 0.4) is 0 Å². The number of H-pyrrole nitrogens is 1. The fraction of sp³-hybridized carbons (Fsp3) is 0.357. The van der Waals surface area contributed by atoms with Gasteiger partial charge in [-0.15, -0.1) is 0 Å². The van der Waals surface area contributed by atoms with E-state index in [4.69, 9.17) is 27.9 Å². The van der Waals surface area contributed by atoms with Gasteiger partial charge in [0.25, 0.3) is 5.56 Å². The zero-order valence-electron chi connectivity index (χ0n) is 11.9. The van der Waals surface area contributed by atoms with E-state index in [0.29, 0.717) is 28.8 Å². The van der Waals surface area contributed by atoms with Crippen LogP contribution in [0.25, 0.3) is 0 Å². The summed E-state index contributed by atoms with van der Waals surface area (Å²) in [5.74, 6) is 0.483. The molecule has 1 aliphatic heterocycles. The first-order valence-corrected chi connectivity index (χ1v) is 8.70. The lowest BCUT2D eigenvalue weighted by molar-refractivity contribution is 0.0395. The van der Waals surface area contributed by atoms with E-state index in [-0.39, 0.29) is 5.03 Å². The topological polar surface area (TPSA) is 77.0 Å². The van der Waals surface area contributed by atoms with Crippen LogP contribution in [0, 0.1) is 0 Å². The Bertz CT molecular complexity index is 831. The normalized spacial score (nSPS) is 17.6. The van der Waals surface area contributed by atoms with E-state index in [9.17, 15) is 9.59 Å². The van der Waals surface area contributed by atoms with E-state index in [1.807, 2.05) is 6.07 Å². The second-order valence-corrected chi connectivity index (χ2v) is 6.79. The van der Waals surface area contributed by atoms with Crippen molar-refractivity contribution in [2.45, 2.75) is 29.8 Å². The second kappa shape index (κ2) is 7.09. The Morgan fingerprint density at radius 2 is 2.17 bits per heavy atom. The van der Waals surface area contributed by atoms with E-state index in [1.165, 1.54) is 16.4 Å². The molecule has 9 heteroatoms. The minimum Gasteiger partial charge on any atom is -0.356 e. The Morgan fingerprint density at radius 3 is 2.87 bits per heavy atom. The van der Waals surface area contributed by atoms with Crippen LogP contribution in [0.4, 0.5) is 0 Å². The summed E-state index contributed by atoms with van der Waals surface area (Å²) in [5, 5.41) is 5.29. The fourth-order valence-corrected chi connectivity index (χ4v) is 3.35. The summed E-state index contributed by atoms with van der Waals surface area (Å²) in [7, 11) is 0. The van der Waals surface area contributed by atoms with Crippen LogP contribution in [0.5, 0.6) is 0 Å². The maximum Gasteiger partial charge on any atom is 0.347 e. The van der Waals surface area contributed by atoms with Gasteiger partial charge in [0.05, 0.1) is 10.0 Å². The van der Waals surface area contributed by atoms with Crippen LogP contribution in [-0.2, 0) is 10.5 Å². The predicted molar refractivity (Wildman–Crippen MR) is 89.4 cm³/mol. The highest BCUT2D eigenvalue weighted by molar-refractivity contribution is 7.98. The highest BCUT2D eigenvalue weighted by atomic mass is 35.5. The molecule has 3 rings (SSSR count).